The minimum absolute atomic E-state index is 0.0610. The van der Waals surface area contributed by atoms with Crippen LogP contribution in [0.3, 0.4) is 0 Å². The molecule has 1 aliphatic heterocycles. The van der Waals surface area contributed by atoms with Gasteiger partial charge in [-0.1, -0.05) is 54.6 Å². The molecule has 3 aromatic rings. The highest BCUT2D eigenvalue weighted by Crippen LogP contribution is 2.30. The van der Waals surface area contributed by atoms with Gasteiger partial charge >= 0.3 is 0 Å². The Morgan fingerprint density at radius 3 is 2.50 bits per heavy atom. The minimum Gasteiger partial charge on any atom is -0.348 e. The Labute approximate surface area is 209 Å². The summed E-state index contributed by atoms with van der Waals surface area (Å²) in [5, 5.41) is 4.46. The average molecular weight is 500 g/mol. The summed E-state index contributed by atoms with van der Waals surface area (Å²) in [6.45, 7) is 12.9. The van der Waals surface area contributed by atoms with Crippen molar-refractivity contribution in [3.05, 3.63) is 39.2 Å². The van der Waals surface area contributed by atoms with Gasteiger partial charge in [0.25, 0.3) is 5.56 Å². The van der Waals surface area contributed by atoms with E-state index >= 15 is 0 Å². The van der Waals surface area contributed by atoms with Gasteiger partial charge in [0.1, 0.15) is 4.70 Å². The third kappa shape index (κ3) is 5.30. The third-order valence-corrected chi connectivity index (χ3v) is 8.31. The Morgan fingerprint density at radius 1 is 1.18 bits per heavy atom. The highest BCUT2D eigenvalue weighted by molar-refractivity contribution is 7.99. The lowest BCUT2D eigenvalue weighted by Gasteiger charge is -2.29. The van der Waals surface area contributed by atoms with Crippen LogP contribution in [0.4, 0.5) is 10.8 Å². The summed E-state index contributed by atoms with van der Waals surface area (Å²) >= 11 is 2.74. The first-order chi connectivity index (χ1) is 16.3. The molecule has 182 valence electrons. The molecule has 0 saturated carbocycles. The van der Waals surface area contributed by atoms with Gasteiger partial charge in [0.05, 0.1) is 5.75 Å². The smallest absolute Gasteiger partial charge is 0.273 e. The first kappa shape index (κ1) is 24.7. The number of fused-ring (bicyclic) bond motifs is 1. The standard InChI is InChI=1S/C25H33N5O2S2/c1-6-9-30-23(32)21-22(27-24(34-21)29-10-7-15(2)8-11-29)28-25(30)33-14-19(31)26-20-17(4)12-16(3)13-18(20)5/h12-13,15H,6-11,14H2,1-5H3,(H,26,31). The lowest BCUT2D eigenvalue weighted by Crippen LogP contribution is -2.32. The van der Waals surface area contributed by atoms with Gasteiger partial charge in [-0.3, -0.25) is 14.2 Å². The Balaban J connectivity index is 1.56. The number of nitrogens with one attached hydrogen (secondary N) is 1. The van der Waals surface area contributed by atoms with Crippen LogP contribution in [-0.2, 0) is 11.3 Å². The molecule has 0 spiro atoms. The number of carbonyl (C=O) groups excluding carboxylic acids is 1. The van der Waals surface area contributed by atoms with E-state index in [0.717, 1.165) is 60.2 Å². The van der Waals surface area contributed by atoms with E-state index in [1.54, 1.807) is 4.57 Å². The quantitative estimate of drug-likeness (QED) is 0.357. The van der Waals surface area contributed by atoms with E-state index < -0.39 is 0 Å². The molecule has 4 rings (SSSR count). The summed E-state index contributed by atoms with van der Waals surface area (Å²) in [5.41, 5.74) is 4.54. The molecule has 1 amide bonds. The molecular formula is C25H33N5O2S2. The number of carbonyl (C=O) groups is 1. The Bertz CT molecular complexity index is 1240. The van der Waals surface area contributed by atoms with Gasteiger partial charge in [-0.15, -0.1) is 0 Å². The van der Waals surface area contributed by atoms with Gasteiger partial charge in [0.2, 0.25) is 5.91 Å². The molecule has 9 heteroatoms. The van der Waals surface area contributed by atoms with Gasteiger partial charge in [0.15, 0.2) is 15.9 Å². The predicted octanol–water partition coefficient (Wildman–Crippen LogP) is 5.16. The maximum absolute atomic E-state index is 13.3. The fourth-order valence-corrected chi connectivity index (χ4v) is 6.25. The van der Waals surface area contributed by atoms with Crippen LogP contribution in [0.15, 0.2) is 22.1 Å². The second-order valence-electron chi connectivity index (χ2n) is 9.28. The highest BCUT2D eigenvalue weighted by atomic mass is 32.2. The summed E-state index contributed by atoms with van der Waals surface area (Å²) in [6, 6.07) is 4.12. The number of aromatic nitrogens is 3. The van der Waals surface area contributed by atoms with Crippen LogP contribution >= 0.6 is 23.1 Å². The van der Waals surface area contributed by atoms with Crippen LogP contribution in [0.2, 0.25) is 0 Å². The molecule has 1 aliphatic rings. The second kappa shape index (κ2) is 10.5. The van der Waals surface area contributed by atoms with Crippen molar-refractivity contribution < 1.29 is 4.79 Å². The molecule has 1 aromatic carbocycles. The van der Waals surface area contributed by atoms with Gasteiger partial charge in [0, 0.05) is 25.3 Å². The van der Waals surface area contributed by atoms with Crippen LogP contribution < -0.4 is 15.8 Å². The van der Waals surface area contributed by atoms with E-state index in [2.05, 4.69) is 29.3 Å². The summed E-state index contributed by atoms with van der Waals surface area (Å²) < 4.78 is 2.30. The summed E-state index contributed by atoms with van der Waals surface area (Å²) in [5.74, 6) is 0.793. The molecule has 1 saturated heterocycles. The number of thioether (sulfide) groups is 1. The van der Waals surface area contributed by atoms with Crippen molar-refractivity contribution in [2.75, 3.05) is 29.1 Å². The maximum Gasteiger partial charge on any atom is 0.273 e. The molecular weight excluding hydrogens is 466 g/mol. The summed E-state index contributed by atoms with van der Waals surface area (Å²) in [7, 11) is 0. The zero-order chi connectivity index (χ0) is 24.4. The lowest BCUT2D eigenvalue weighted by molar-refractivity contribution is -0.113. The number of hydrogen-bond acceptors (Lipinski definition) is 7. The minimum atomic E-state index is -0.112. The number of aryl methyl sites for hydroxylation is 3. The molecule has 34 heavy (non-hydrogen) atoms. The number of anilines is 2. The number of piperidine rings is 1. The topological polar surface area (TPSA) is 80.1 Å². The lowest BCUT2D eigenvalue weighted by atomic mass is 10.00. The highest BCUT2D eigenvalue weighted by Gasteiger charge is 2.22. The van der Waals surface area contributed by atoms with E-state index in [0.29, 0.717) is 22.0 Å². The Morgan fingerprint density at radius 2 is 1.85 bits per heavy atom. The maximum atomic E-state index is 13.3. The summed E-state index contributed by atoms with van der Waals surface area (Å²) in [6.07, 6.45) is 3.09. The first-order valence-corrected chi connectivity index (χ1v) is 13.7. The normalized spacial score (nSPS) is 14.7. The number of amides is 1. The molecule has 0 unspecified atom stereocenters. The van der Waals surface area contributed by atoms with E-state index in [9.17, 15) is 9.59 Å². The SMILES string of the molecule is CCCn1c(SCC(=O)Nc2c(C)cc(C)cc2C)nc2nc(N3CCC(C)CC3)sc2c1=O. The van der Waals surface area contributed by atoms with E-state index in [4.69, 9.17) is 9.97 Å². The molecule has 3 heterocycles. The van der Waals surface area contributed by atoms with Crippen LogP contribution in [0.5, 0.6) is 0 Å². The predicted molar refractivity (Wildman–Crippen MR) is 143 cm³/mol. The monoisotopic (exact) mass is 499 g/mol. The molecule has 0 aliphatic carbocycles. The van der Waals surface area contributed by atoms with Crippen molar-refractivity contribution in [2.24, 2.45) is 5.92 Å². The zero-order valence-corrected chi connectivity index (χ0v) is 22.2. The molecule has 2 aromatic heterocycles. The van der Waals surface area contributed by atoms with Gasteiger partial charge < -0.3 is 10.2 Å². The molecule has 1 fully saturated rings. The van der Waals surface area contributed by atoms with Gasteiger partial charge in [-0.2, -0.15) is 4.98 Å². The fraction of sp³-hybridized carbons (Fsp3) is 0.520. The van der Waals surface area contributed by atoms with Crippen LogP contribution in [-0.4, -0.2) is 39.3 Å². The van der Waals surface area contributed by atoms with Crippen molar-refractivity contribution in [3.63, 3.8) is 0 Å². The van der Waals surface area contributed by atoms with Crippen molar-refractivity contribution in [1.82, 2.24) is 14.5 Å². The summed E-state index contributed by atoms with van der Waals surface area (Å²) in [4.78, 5) is 37.8. The fourth-order valence-electron chi connectivity index (χ4n) is 4.43. The average Bonchev–Trinajstić information content (AvgIpc) is 3.22. The Kier molecular flexibility index (Phi) is 7.62. The molecule has 1 N–H and O–H groups in total. The molecule has 0 radical (unpaired) electrons. The van der Waals surface area contributed by atoms with E-state index in [1.807, 2.05) is 27.7 Å². The zero-order valence-electron chi connectivity index (χ0n) is 20.6. The van der Waals surface area contributed by atoms with E-state index in [-0.39, 0.29) is 17.2 Å². The van der Waals surface area contributed by atoms with Crippen molar-refractivity contribution in [2.45, 2.75) is 65.6 Å². The van der Waals surface area contributed by atoms with Gasteiger partial charge in [-0.05, 0) is 57.1 Å². The molecule has 0 atom stereocenters. The van der Waals surface area contributed by atoms with Crippen molar-refractivity contribution >= 4 is 50.2 Å². The van der Waals surface area contributed by atoms with Gasteiger partial charge in [-0.25, -0.2) is 4.98 Å². The van der Waals surface area contributed by atoms with Crippen molar-refractivity contribution in [1.29, 1.82) is 0 Å². The van der Waals surface area contributed by atoms with Crippen LogP contribution in [0.25, 0.3) is 10.3 Å². The number of thiazole rings is 1. The third-order valence-electron chi connectivity index (χ3n) is 6.25. The first-order valence-electron chi connectivity index (χ1n) is 11.9. The van der Waals surface area contributed by atoms with Crippen molar-refractivity contribution in [3.8, 4) is 0 Å². The number of rotatable bonds is 7. The van der Waals surface area contributed by atoms with Crippen LogP contribution in [0.1, 0.15) is 49.8 Å². The Hall–Kier alpha value is -2.39. The largest absolute Gasteiger partial charge is 0.348 e. The molecule has 7 nitrogen and oxygen atoms in total. The number of benzene rings is 1. The van der Waals surface area contributed by atoms with E-state index in [1.165, 1.54) is 28.7 Å². The molecule has 0 bridgehead atoms. The van der Waals surface area contributed by atoms with Crippen LogP contribution in [0, 0.1) is 26.7 Å². The number of nitrogens with zero attached hydrogens (tertiary/aromatic N) is 4. The number of hydrogen-bond donors (Lipinski definition) is 1. The second-order valence-corrected chi connectivity index (χ2v) is 11.2.